The Morgan fingerprint density at radius 1 is 1.12 bits per heavy atom. The summed E-state index contributed by atoms with van der Waals surface area (Å²) in [5, 5.41) is 4.59. The highest BCUT2D eigenvalue weighted by molar-refractivity contribution is 6.35. The van der Waals surface area contributed by atoms with Crippen LogP contribution in [0.2, 0.25) is 10.0 Å². The van der Waals surface area contributed by atoms with E-state index in [0.717, 1.165) is 34.7 Å². The van der Waals surface area contributed by atoms with Crippen LogP contribution in [-0.4, -0.2) is 10.8 Å². The minimum atomic E-state index is -0.279. The molecule has 2 aliphatic rings. The van der Waals surface area contributed by atoms with Crippen LogP contribution in [0, 0.1) is 5.92 Å². The Kier molecular flexibility index (Phi) is 3.59. The molecule has 5 rings (SSSR count). The normalized spacial score (nSPS) is 21.8. The van der Waals surface area contributed by atoms with Crippen LogP contribution in [0.25, 0.3) is 11.0 Å². The average molecular weight is 385 g/mol. The van der Waals surface area contributed by atoms with Crippen LogP contribution in [0.15, 0.2) is 54.2 Å². The first kappa shape index (κ1) is 15.9. The van der Waals surface area contributed by atoms with Gasteiger partial charge in [0, 0.05) is 22.0 Å². The van der Waals surface area contributed by atoms with Crippen molar-refractivity contribution in [2.75, 3.05) is 5.32 Å². The largest absolute Gasteiger partial charge is 0.361 e. The monoisotopic (exact) mass is 384 g/mol. The van der Waals surface area contributed by atoms with Crippen molar-refractivity contribution in [1.29, 1.82) is 0 Å². The Hall–Kier alpha value is -2.30. The second kappa shape index (κ2) is 5.86. The molecular formula is C20H16Cl2N3O+. The number of fused-ring (bicyclic) bond motifs is 4. The number of rotatable bonds is 1. The fraction of sp³-hybridized carbons (Fsp3) is 0.200. The number of imidazole rings is 1. The van der Waals surface area contributed by atoms with Gasteiger partial charge < -0.3 is 0 Å². The first-order valence-corrected chi connectivity index (χ1v) is 9.36. The fourth-order valence-electron chi connectivity index (χ4n) is 4.12. The smallest absolute Gasteiger partial charge is 0.299 e. The number of nitrogens with zero attached hydrogens (tertiary/aromatic N) is 1. The molecule has 2 N–H and O–H groups in total. The second-order valence-corrected chi connectivity index (χ2v) is 7.58. The molecule has 1 aromatic heterocycles. The van der Waals surface area contributed by atoms with Gasteiger partial charge in [0.25, 0.3) is 0 Å². The van der Waals surface area contributed by atoms with Crippen molar-refractivity contribution < 1.29 is 9.36 Å². The van der Waals surface area contributed by atoms with Gasteiger partial charge >= 0.3 is 5.95 Å². The highest BCUT2D eigenvalue weighted by Gasteiger charge is 2.46. The van der Waals surface area contributed by atoms with Crippen LogP contribution >= 0.6 is 23.2 Å². The minimum absolute atomic E-state index is 0.216. The number of para-hydroxylation sites is 2. The predicted molar refractivity (Wildman–Crippen MR) is 103 cm³/mol. The molecule has 0 amide bonds. The van der Waals surface area contributed by atoms with Gasteiger partial charge in [0.2, 0.25) is 0 Å². The standard InChI is InChI=1S/C20H15Cl2N3O/c21-11-8-9-12(13(22)10-11)19-18-15(5-3-7-17(18)26)24-20-23-14-4-1-2-6-16(14)25(19)20/h1-2,4-6,8-10,18-19H,3,7H2,(H,23,24)/p+1. The van der Waals surface area contributed by atoms with Crippen molar-refractivity contribution in [3.63, 3.8) is 0 Å². The van der Waals surface area contributed by atoms with Gasteiger partial charge in [-0.1, -0.05) is 41.4 Å². The highest BCUT2D eigenvalue weighted by Crippen LogP contribution is 2.41. The first-order chi connectivity index (χ1) is 12.6. The number of aromatic amines is 1. The number of Topliss-reactive ketones (excluding diaryl/α,β-unsaturated/α-hetero) is 1. The summed E-state index contributed by atoms with van der Waals surface area (Å²) in [6.07, 6.45) is 3.44. The van der Waals surface area contributed by atoms with Crippen molar-refractivity contribution in [1.82, 2.24) is 4.98 Å². The second-order valence-electron chi connectivity index (χ2n) is 6.74. The first-order valence-electron chi connectivity index (χ1n) is 8.60. The summed E-state index contributed by atoms with van der Waals surface area (Å²) in [6.45, 7) is 0. The van der Waals surface area contributed by atoms with Crippen LogP contribution in [0.4, 0.5) is 5.95 Å². The quantitative estimate of drug-likeness (QED) is 0.600. The molecule has 2 atom stereocenters. The Bertz CT molecular complexity index is 1090. The highest BCUT2D eigenvalue weighted by atomic mass is 35.5. The summed E-state index contributed by atoms with van der Waals surface area (Å²) in [6, 6.07) is 13.4. The lowest BCUT2D eigenvalue weighted by molar-refractivity contribution is -0.681. The number of ketones is 1. The lowest BCUT2D eigenvalue weighted by atomic mass is 9.80. The molecular weight excluding hydrogens is 369 g/mol. The summed E-state index contributed by atoms with van der Waals surface area (Å²) >= 11 is 12.7. The van der Waals surface area contributed by atoms with Crippen molar-refractivity contribution in [3.8, 4) is 0 Å². The maximum absolute atomic E-state index is 12.9. The summed E-state index contributed by atoms with van der Waals surface area (Å²) in [5.41, 5.74) is 3.89. The van der Waals surface area contributed by atoms with Gasteiger partial charge in [-0.3, -0.25) is 4.79 Å². The van der Waals surface area contributed by atoms with E-state index in [4.69, 9.17) is 23.2 Å². The van der Waals surface area contributed by atoms with E-state index in [0.29, 0.717) is 16.5 Å². The summed E-state index contributed by atoms with van der Waals surface area (Å²) in [5.74, 6) is 0.813. The molecule has 2 heterocycles. The number of benzene rings is 2. The number of hydrogen-bond acceptors (Lipinski definition) is 2. The Morgan fingerprint density at radius 2 is 1.96 bits per heavy atom. The van der Waals surface area contributed by atoms with Crippen LogP contribution in [-0.2, 0) is 4.79 Å². The maximum atomic E-state index is 12.9. The van der Waals surface area contributed by atoms with Gasteiger partial charge in [-0.2, -0.15) is 0 Å². The number of carbonyl (C=O) groups excluding carboxylic acids is 1. The average Bonchev–Trinajstić information content (AvgIpc) is 2.99. The molecule has 0 saturated carbocycles. The van der Waals surface area contributed by atoms with Gasteiger partial charge in [0.1, 0.15) is 28.8 Å². The molecule has 0 radical (unpaired) electrons. The molecule has 130 valence electrons. The van der Waals surface area contributed by atoms with E-state index in [2.05, 4.69) is 27.0 Å². The van der Waals surface area contributed by atoms with E-state index in [1.54, 1.807) is 6.07 Å². The molecule has 4 nitrogen and oxygen atoms in total. The molecule has 1 aliphatic heterocycles. The molecule has 0 fully saturated rings. The topological polar surface area (TPSA) is 48.8 Å². The lowest BCUT2D eigenvalue weighted by Crippen LogP contribution is -2.53. The van der Waals surface area contributed by atoms with E-state index in [1.165, 1.54) is 0 Å². The zero-order valence-electron chi connectivity index (χ0n) is 13.8. The molecule has 0 saturated heterocycles. The number of hydrogen-bond donors (Lipinski definition) is 2. The molecule has 26 heavy (non-hydrogen) atoms. The zero-order valence-corrected chi connectivity index (χ0v) is 15.3. The number of anilines is 1. The number of carbonyl (C=O) groups is 1. The number of nitrogens with one attached hydrogen (secondary N) is 2. The summed E-state index contributed by atoms with van der Waals surface area (Å²) in [7, 11) is 0. The van der Waals surface area contributed by atoms with E-state index < -0.39 is 0 Å². The van der Waals surface area contributed by atoms with Crippen molar-refractivity contribution >= 4 is 46.0 Å². The van der Waals surface area contributed by atoms with E-state index >= 15 is 0 Å². The van der Waals surface area contributed by atoms with Crippen LogP contribution in [0.1, 0.15) is 24.4 Å². The molecule has 0 spiro atoms. The van der Waals surface area contributed by atoms with Crippen LogP contribution < -0.4 is 9.88 Å². The molecule has 3 aromatic rings. The predicted octanol–water partition coefficient (Wildman–Crippen LogP) is 4.64. The summed E-state index contributed by atoms with van der Waals surface area (Å²) in [4.78, 5) is 16.3. The Balaban J connectivity index is 1.83. The number of allylic oxidation sites excluding steroid dienone is 2. The van der Waals surface area contributed by atoms with Gasteiger partial charge in [0.05, 0.1) is 5.70 Å². The van der Waals surface area contributed by atoms with Crippen molar-refractivity contribution in [3.05, 3.63) is 69.8 Å². The number of halogens is 2. The van der Waals surface area contributed by atoms with Crippen molar-refractivity contribution in [2.45, 2.75) is 18.9 Å². The van der Waals surface area contributed by atoms with Crippen LogP contribution in [0.5, 0.6) is 0 Å². The third kappa shape index (κ3) is 2.29. The third-order valence-corrected chi connectivity index (χ3v) is 5.79. The zero-order chi connectivity index (χ0) is 17.8. The van der Waals surface area contributed by atoms with E-state index in [9.17, 15) is 4.79 Å². The molecule has 2 aromatic carbocycles. The fourth-order valence-corrected chi connectivity index (χ4v) is 4.64. The SMILES string of the molecule is O=C1CCC=C2Nc3[nH]c4ccccc4[n+]3C(c3ccc(Cl)cc3Cl)C12. The minimum Gasteiger partial charge on any atom is -0.299 e. The Labute approximate surface area is 160 Å². The molecule has 6 heteroatoms. The molecule has 1 aliphatic carbocycles. The lowest BCUT2D eigenvalue weighted by Gasteiger charge is -2.33. The van der Waals surface area contributed by atoms with Gasteiger partial charge in [-0.25, -0.2) is 14.9 Å². The summed E-state index contributed by atoms with van der Waals surface area (Å²) < 4.78 is 2.15. The van der Waals surface area contributed by atoms with Gasteiger partial charge in [-0.05, 0) is 36.8 Å². The van der Waals surface area contributed by atoms with E-state index in [-0.39, 0.29) is 17.7 Å². The Morgan fingerprint density at radius 3 is 2.81 bits per heavy atom. The van der Waals surface area contributed by atoms with Gasteiger partial charge in [-0.15, -0.1) is 0 Å². The molecule has 0 bridgehead atoms. The third-order valence-electron chi connectivity index (χ3n) is 5.23. The van der Waals surface area contributed by atoms with E-state index in [1.807, 2.05) is 30.3 Å². The van der Waals surface area contributed by atoms with Crippen LogP contribution in [0.3, 0.4) is 0 Å². The number of aromatic nitrogens is 2. The van der Waals surface area contributed by atoms with Crippen molar-refractivity contribution in [2.24, 2.45) is 5.92 Å². The number of H-pyrrole nitrogens is 1. The molecule has 2 unspecified atom stereocenters. The maximum Gasteiger partial charge on any atom is 0.361 e. The van der Waals surface area contributed by atoms with Gasteiger partial charge in [0.15, 0.2) is 0 Å².